The number of rotatable bonds is 2. The van der Waals surface area contributed by atoms with Crippen LogP contribution in [0.2, 0.25) is 0 Å². The molecule has 2 heterocycles. The van der Waals surface area contributed by atoms with Gasteiger partial charge in [-0.05, 0) is 12.8 Å². The Morgan fingerprint density at radius 1 is 1.43 bits per heavy atom. The number of hydrogen-bond acceptors (Lipinski definition) is 5. The minimum atomic E-state index is -0.986. The molecule has 1 N–H and O–H groups in total. The first kappa shape index (κ1) is 9.54. The van der Waals surface area contributed by atoms with Crippen molar-refractivity contribution in [1.29, 1.82) is 0 Å². The lowest BCUT2D eigenvalue weighted by Gasteiger charge is -2.20. The largest absolute Gasteiger partial charge is 0.476 e. The van der Waals surface area contributed by atoms with E-state index < -0.39 is 5.97 Å². The summed E-state index contributed by atoms with van der Waals surface area (Å²) in [6.07, 6.45) is 1.68. The predicted octanol–water partition coefficient (Wildman–Crippen LogP) is 1.13. The summed E-state index contributed by atoms with van der Waals surface area (Å²) >= 11 is 0.967. The molecule has 5 nitrogen and oxygen atoms in total. The highest BCUT2D eigenvalue weighted by atomic mass is 32.1. The Labute approximate surface area is 85.0 Å². The van der Waals surface area contributed by atoms with Gasteiger partial charge in [0.1, 0.15) is 0 Å². The molecule has 0 radical (unpaired) electrons. The van der Waals surface area contributed by atoms with Gasteiger partial charge in [0.25, 0.3) is 0 Å². The van der Waals surface area contributed by atoms with E-state index in [0.717, 1.165) is 24.6 Å². The Morgan fingerprint density at radius 2 is 2.14 bits per heavy atom. The second-order valence-corrected chi connectivity index (χ2v) is 3.72. The molecule has 0 atom stereocenters. The molecule has 0 amide bonds. The van der Waals surface area contributed by atoms with Crippen LogP contribution in [0.15, 0.2) is 0 Å². The van der Waals surface area contributed by atoms with Crippen LogP contribution < -0.4 is 0 Å². The summed E-state index contributed by atoms with van der Waals surface area (Å²) in [6, 6.07) is 0. The third-order valence-corrected chi connectivity index (χ3v) is 2.87. The molecule has 0 spiro atoms. The van der Waals surface area contributed by atoms with Crippen LogP contribution in [0.3, 0.4) is 0 Å². The van der Waals surface area contributed by atoms with Crippen LogP contribution >= 0.6 is 11.7 Å². The van der Waals surface area contributed by atoms with Gasteiger partial charge < -0.3 is 9.84 Å². The van der Waals surface area contributed by atoms with Crippen LogP contribution in [0, 0.1) is 0 Å². The van der Waals surface area contributed by atoms with Gasteiger partial charge in [0.15, 0.2) is 5.69 Å². The molecular formula is C8H10N2O3S. The fraction of sp³-hybridized carbons (Fsp3) is 0.625. The van der Waals surface area contributed by atoms with Gasteiger partial charge in [0, 0.05) is 19.1 Å². The van der Waals surface area contributed by atoms with E-state index in [9.17, 15) is 4.79 Å². The molecule has 1 fully saturated rings. The first-order valence-electron chi connectivity index (χ1n) is 4.42. The maximum absolute atomic E-state index is 10.8. The number of ether oxygens (including phenoxy) is 1. The Hall–Kier alpha value is -1.01. The van der Waals surface area contributed by atoms with E-state index in [-0.39, 0.29) is 11.6 Å². The third-order valence-electron chi connectivity index (χ3n) is 2.32. The molecule has 0 aromatic carbocycles. The first-order chi connectivity index (χ1) is 6.79. The average Bonchev–Trinajstić information content (AvgIpc) is 2.67. The van der Waals surface area contributed by atoms with Crippen molar-refractivity contribution in [2.75, 3.05) is 13.2 Å². The highest BCUT2D eigenvalue weighted by Gasteiger charge is 2.25. The van der Waals surface area contributed by atoms with Gasteiger partial charge in [0.05, 0.1) is 17.4 Å². The molecule has 1 saturated heterocycles. The molecule has 76 valence electrons. The number of carbonyl (C=O) groups is 1. The number of hydrogen-bond donors (Lipinski definition) is 1. The molecule has 0 bridgehead atoms. The standard InChI is InChI=1S/C8H10N2O3S/c11-8(12)7-6(9-14-10-7)5-1-3-13-4-2-5/h5H,1-4H2,(H,11,12). The maximum atomic E-state index is 10.8. The summed E-state index contributed by atoms with van der Waals surface area (Å²) in [5.74, 6) is -0.783. The SMILES string of the molecule is O=C(O)c1nsnc1C1CCOCC1. The Bertz CT molecular complexity index is 333. The van der Waals surface area contributed by atoms with Crippen molar-refractivity contribution in [3.63, 3.8) is 0 Å². The molecule has 6 heteroatoms. The van der Waals surface area contributed by atoms with E-state index in [0.29, 0.717) is 18.9 Å². The van der Waals surface area contributed by atoms with Crippen molar-refractivity contribution in [2.24, 2.45) is 0 Å². The number of carboxylic acid groups (broad SMARTS) is 1. The smallest absolute Gasteiger partial charge is 0.357 e. The maximum Gasteiger partial charge on any atom is 0.357 e. The normalized spacial score (nSPS) is 18.3. The molecule has 2 rings (SSSR count). The molecule has 0 unspecified atom stereocenters. The lowest BCUT2D eigenvalue weighted by Crippen LogP contribution is -2.16. The van der Waals surface area contributed by atoms with Crippen molar-refractivity contribution >= 4 is 17.7 Å². The van der Waals surface area contributed by atoms with E-state index in [1.165, 1.54) is 0 Å². The Kier molecular flexibility index (Phi) is 2.74. The van der Waals surface area contributed by atoms with Crippen LogP contribution in [-0.2, 0) is 4.74 Å². The van der Waals surface area contributed by atoms with Crippen molar-refractivity contribution in [3.8, 4) is 0 Å². The van der Waals surface area contributed by atoms with Crippen molar-refractivity contribution in [1.82, 2.24) is 8.75 Å². The van der Waals surface area contributed by atoms with Crippen LogP contribution in [0.1, 0.15) is 34.9 Å². The molecule has 1 aromatic heterocycles. The molecule has 1 aliphatic rings. The van der Waals surface area contributed by atoms with Crippen molar-refractivity contribution in [2.45, 2.75) is 18.8 Å². The van der Waals surface area contributed by atoms with E-state index in [1.807, 2.05) is 0 Å². The van der Waals surface area contributed by atoms with Gasteiger partial charge in [-0.1, -0.05) is 0 Å². The molecule has 0 saturated carbocycles. The minimum Gasteiger partial charge on any atom is -0.476 e. The molecule has 14 heavy (non-hydrogen) atoms. The quantitative estimate of drug-likeness (QED) is 0.799. The van der Waals surface area contributed by atoms with Crippen LogP contribution in [0.5, 0.6) is 0 Å². The monoisotopic (exact) mass is 214 g/mol. The fourth-order valence-electron chi connectivity index (χ4n) is 1.58. The van der Waals surface area contributed by atoms with Gasteiger partial charge in [0.2, 0.25) is 0 Å². The lowest BCUT2D eigenvalue weighted by atomic mass is 9.95. The van der Waals surface area contributed by atoms with Crippen molar-refractivity contribution in [3.05, 3.63) is 11.4 Å². The molecular weight excluding hydrogens is 204 g/mol. The van der Waals surface area contributed by atoms with Gasteiger partial charge in [-0.2, -0.15) is 8.75 Å². The van der Waals surface area contributed by atoms with Crippen LogP contribution in [0.4, 0.5) is 0 Å². The highest BCUT2D eigenvalue weighted by molar-refractivity contribution is 6.99. The zero-order valence-corrected chi connectivity index (χ0v) is 8.29. The summed E-state index contributed by atoms with van der Waals surface area (Å²) in [4.78, 5) is 10.8. The number of carboxylic acids is 1. The summed E-state index contributed by atoms with van der Waals surface area (Å²) in [5, 5.41) is 8.86. The van der Waals surface area contributed by atoms with E-state index >= 15 is 0 Å². The van der Waals surface area contributed by atoms with E-state index in [2.05, 4.69) is 8.75 Å². The van der Waals surface area contributed by atoms with Crippen LogP contribution in [-0.4, -0.2) is 33.0 Å². The topological polar surface area (TPSA) is 72.3 Å². The van der Waals surface area contributed by atoms with Gasteiger partial charge in [-0.3, -0.25) is 0 Å². The summed E-state index contributed by atoms with van der Waals surface area (Å²) in [6.45, 7) is 1.36. The minimum absolute atomic E-state index is 0.113. The van der Waals surface area contributed by atoms with E-state index in [1.54, 1.807) is 0 Å². The zero-order chi connectivity index (χ0) is 9.97. The number of aromatic carboxylic acids is 1. The summed E-state index contributed by atoms with van der Waals surface area (Å²) in [7, 11) is 0. The van der Waals surface area contributed by atoms with Crippen LogP contribution in [0.25, 0.3) is 0 Å². The Balaban J connectivity index is 2.21. The van der Waals surface area contributed by atoms with Crippen molar-refractivity contribution < 1.29 is 14.6 Å². The first-order valence-corrected chi connectivity index (χ1v) is 5.15. The predicted molar refractivity (Wildman–Crippen MR) is 49.7 cm³/mol. The van der Waals surface area contributed by atoms with Gasteiger partial charge in [-0.15, -0.1) is 0 Å². The Morgan fingerprint density at radius 3 is 2.79 bits per heavy atom. The summed E-state index contributed by atoms with van der Waals surface area (Å²) < 4.78 is 13.0. The molecule has 1 aliphatic heterocycles. The second-order valence-electron chi connectivity index (χ2n) is 3.19. The fourth-order valence-corrected chi connectivity index (χ4v) is 2.20. The summed E-state index contributed by atoms with van der Waals surface area (Å²) in [5.41, 5.74) is 0.743. The average molecular weight is 214 g/mol. The lowest BCUT2D eigenvalue weighted by molar-refractivity contribution is 0.0678. The van der Waals surface area contributed by atoms with Gasteiger partial charge >= 0.3 is 5.97 Å². The van der Waals surface area contributed by atoms with Gasteiger partial charge in [-0.25, -0.2) is 4.79 Å². The second kappa shape index (κ2) is 4.02. The molecule has 0 aliphatic carbocycles. The third kappa shape index (κ3) is 1.76. The zero-order valence-electron chi connectivity index (χ0n) is 7.47. The molecule has 1 aromatic rings. The highest BCUT2D eigenvalue weighted by Crippen LogP contribution is 2.27. The number of aromatic nitrogens is 2. The van der Waals surface area contributed by atoms with E-state index in [4.69, 9.17) is 9.84 Å². The number of nitrogens with zero attached hydrogens (tertiary/aromatic N) is 2.